The summed E-state index contributed by atoms with van der Waals surface area (Å²) in [5.74, 6) is -0.250. The second-order valence-corrected chi connectivity index (χ2v) is 7.53. The van der Waals surface area contributed by atoms with Gasteiger partial charge in [-0.25, -0.2) is 8.42 Å². The minimum Gasteiger partial charge on any atom is -0.495 e. The Balaban J connectivity index is 2.42. The van der Waals surface area contributed by atoms with Gasteiger partial charge in [-0.05, 0) is 36.4 Å². The first-order valence-electron chi connectivity index (χ1n) is 7.46. The first-order valence-corrected chi connectivity index (χ1v) is 9.28. The van der Waals surface area contributed by atoms with Gasteiger partial charge in [0.25, 0.3) is 15.9 Å². The molecule has 0 radical (unpaired) electrons. The lowest BCUT2D eigenvalue weighted by atomic mass is 10.1. The molecule has 142 valence electrons. The van der Waals surface area contributed by atoms with Gasteiger partial charge in [0, 0.05) is 12.6 Å². The minimum atomic E-state index is -4.04. The average molecular weight is 410 g/mol. The fourth-order valence-corrected chi connectivity index (χ4v) is 3.62. The van der Waals surface area contributed by atoms with Crippen LogP contribution in [0.1, 0.15) is 15.9 Å². The molecule has 2 aromatic carbocycles. The molecule has 0 aliphatic carbocycles. The van der Waals surface area contributed by atoms with E-state index in [1.165, 1.54) is 39.5 Å². The maximum atomic E-state index is 12.6. The van der Waals surface area contributed by atoms with E-state index in [2.05, 4.69) is 5.32 Å². The monoisotopic (exact) mass is 409 g/mol. The van der Waals surface area contributed by atoms with Crippen LogP contribution in [0, 0.1) is 11.3 Å². The van der Waals surface area contributed by atoms with Crippen LogP contribution < -0.4 is 10.1 Å². The van der Waals surface area contributed by atoms with E-state index in [4.69, 9.17) is 26.4 Å². The van der Waals surface area contributed by atoms with Crippen LogP contribution in [0.25, 0.3) is 0 Å². The number of nitrogens with zero attached hydrogens (tertiary/aromatic N) is 2. The number of rotatable bonds is 6. The lowest BCUT2D eigenvalue weighted by Gasteiger charge is -2.16. The fourth-order valence-electron chi connectivity index (χ4n) is 2.15. The van der Waals surface area contributed by atoms with Gasteiger partial charge in [0.15, 0.2) is 0 Å². The second-order valence-electron chi connectivity index (χ2n) is 5.22. The summed E-state index contributed by atoms with van der Waals surface area (Å²) in [5.41, 5.74) is 0.647. The quantitative estimate of drug-likeness (QED) is 0.734. The van der Waals surface area contributed by atoms with Crippen molar-refractivity contribution >= 4 is 33.2 Å². The molecular formula is C17H16ClN3O5S. The zero-order chi connectivity index (χ0) is 20.2. The van der Waals surface area contributed by atoms with Crippen LogP contribution in [0.4, 0.5) is 5.69 Å². The van der Waals surface area contributed by atoms with Crippen LogP contribution in [0.15, 0.2) is 41.3 Å². The van der Waals surface area contributed by atoms with E-state index in [0.29, 0.717) is 15.8 Å². The highest BCUT2D eigenvalue weighted by Gasteiger charge is 2.25. The molecule has 0 atom stereocenters. The van der Waals surface area contributed by atoms with E-state index < -0.39 is 15.9 Å². The van der Waals surface area contributed by atoms with Crippen molar-refractivity contribution in [2.24, 2.45) is 0 Å². The third kappa shape index (κ3) is 4.37. The highest BCUT2D eigenvalue weighted by Crippen LogP contribution is 2.28. The SMILES string of the molecule is COc1ccc(C#N)cc1NC(=O)c1ccc(Cl)c(S(=O)(=O)N(C)OC)c1. The van der Waals surface area contributed by atoms with Crippen molar-refractivity contribution in [2.75, 3.05) is 26.6 Å². The first kappa shape index (κ1) is 20.7. The van der Waals surface area contributed by atoms with Crippen molar-refractivity contribution in [1.29, 1.82) is 5.26 Å². The molecule has 0 saturated heterocycles. The number of amides is 1. The molecule has 0 aliphatic rings. The number of hydrogen-bond acceptors (Lipinski definition) is 6. The zero-order valence-electron chi connectivity index (χ0n) is 14.7. The lowest BCUT2D eigenvalue weighted by molar-refractivity contribution is -0.0258. The highest BCUT2D eigenvalue weighted by atomic mass is 35.5. The number of carbonyl (C=O) groups is 1. The van der Waals surface area contributed by atoms with Gasteiger partial charge in [-0.15, -0.1) is 0 Å². The standard InChI is InChI=1S/C17H16ClN3O5S/c1-21(26-3)27(23,24)16-9-12(5-6-13(16)18)17(22)20-14-8-11(10-19)4-7-15(14)25-2/h4-9H,1-3H3,(H,20,22). The number of methoxy groups -OCH3 is 1. The molecule has 8 nitrogen and oxygen atoms in total. The van der Waals surface area contributed by atoms with Crippen molar-refractivity contribution < 1.29 is 22.8 Å². The summed E-state index contributed by atoms with van der Waals surface area (Å²) < 4.78 is 30.7. The number of hydroxylamine groups is 1. The molecule has 0 bridgehead atoms. The van der Waals surface area contributed by atoms with Gasteiger partial charge < -0.3 is 10.1 Å². The molecule has 1 amide bonds. The topological polar surface area (TPSA) is 109 Å². The van der Waals surface area contributed by atoms with Gasteiger partial charge in [0.1, 0.15) is 10.6 Å². The summed E-state index contributed by atoms with van der Waals surface area (Å²) in [6.07, 6.45) is 0. The maximum Gasteiger partial charge on any atom is 0.266 e. The summed E-state index contributed by atoms with van der Waals surface area (Å²) in [4.78, 5) is 17.0. The molecule has 1 N–H and O–H groups in total. The van der Waals surface area contributed by atoms with Crippen molar-refractivity contribution in [1.82, 2.24) is 4.47 Å². The number of nitriles is 1. The van der Waals surface area contributed by atoms with Crippen LogP contribution in [-0.2, 0) is 14.9 Å². The minimum absolute atomic E-state index is 0.0480. The van der Waals surface area contributed by atoms with Crippen molar-refractivity contribution in [3.8, 4) is 11.8 Å². The van der Waals surface area contributed by atoms with Crippen LogP contribution >= 0.6 is 11.6 Å². The molecule has 0 heterocycles. The highest BCUT2D eigenvalue weighted by molar-refractivity contribution is 7.89. The van der Waals surface area contributed by atoms with Crippen LogP contribution in [0.2, 0.25) is 5.02 Å². The number of nitrogens with one attached hydrogen (secondary N) is 1. The molecule has 2 aromatic rings. The average Bonchev–Trinajstić information content (AvgIpc) is 2.67. The van der Waals surface area contributed by atoms with Gasteiger partial charge in [0.05, 0.1) is 36.6 Å². The molecule has 0 aliphatic heterocycles. The molecular weight excluding hydrogens is 394 g/mol. The number of carbonyl (C=O) groups excluding carboxylic acids is 1. The smallest absolute Gasteiger partial charge is 0.266 e. The molecule has 0 aromatic heterocycles. The van der Waals surface area contributed by atoms with Crippen molar-refractivity contribution in [3.05, 3.63) is 52.5 Å². The summed E-state index contributed by atoms with van der Waals surface area (Å²) in [6.45, 7) is 0. The van der Waals surface area contributed by atoms with E-state index in [1.54, 1.807) is 12.1 Å². The summed E-state index contributed by atoms with van der Waals surface area (Å²) in [7, 11) is -0.223. The predicted molar refractivity (Wildman–Crippen MR) is 99.1 cm³/mol. The Bertz CT molecular complexity index is 1020. The molecule has 27 heavy (non-hydrogen) atoms. The lowest BCUT2D eigenvalue weighted by Crippen LogP contribution is -2.26. The summed E-state index contributed by atoms with van der Waals surface area (Å²) in [5, 5.41) is 11.5. The Hall–Kier alpha value is -2.64. The molecule has 0 unspecified atom stereocenters. The first-order chi connectivity index (χ1) is 12.7. The molecule has 10 heteroatoms. The zero-order valence-corrected chi connectivity index (χ0v) is 16.3. The molecule has 2 rings (SSSR count). The number of halogens is 1. The van der Waals surface area contributed by atoms with E-state index in [9.17, 15) is 13.2 Å². The Labute approximate surface area is 161 Å². The Morgan fingerprint density at radius 1 is 1.22 bits per heavy atom. The number of anilines is 1. The van der Waals surface area contributed by atoms with Gasteiger partial charge in [-0.1, -0.05) is 16.1 Å². The molecule has 0 saturated carbocycles. The Kier molecular flexibility index (Phi) is 6.41. The van der Waals surface area contributed by atoms with Gasteiger partial charge >= 0.3 is 0 Å². The number of hydrogen-bond donors (Lipinski definition) is 1. The van der Waals surface area contributed by atoms with Gasteiger partial charge in [-0.3, -0.25) is 9.63 Å². The number of ether oxygens (including phenoxy) is 1. The predicted octanol–water partition coefficient (Wildman–Crippen LogP) is 2.65. The van der Waals surface area contributed by atoms with Gasteiger partial charge in [-0.2, -0.15) is 5.26 Å². The van der Waals surface area contributed by atoms with Crippen LogP contribution in [0.3, 0.4) is 0 Å². The van der Waals surface area contributed by atoms with E-state index in [0.717, 1.165) is 6.07 Å². The second kappa shape index (κ2) is 8.37. The fraction of sp³-hybridized carbons (Fsp3) is 0.176. The molecule has 0 fully saturated rings. The Morgan fingerprint density at radius 3 is 2.52 bits per heavy atom. The van der Waals surface area contributed by atoms with E-state index in [-0.39, 0.29) is 21.2 Å². The summed E-state index contributed by atoms with van der Waals surface area (Å²) in [6, 6.07) is 10.3. The third-order valence-electron chi connectivity index (χ3n) is 3.64. The van der Waals surface area contributed by atoms with Crippen molar-refractivity contribution in [2.45, 2.75) is 4.90 Å². The summed E-state index contributed by atoms with van der Waals surface area (Å²) >= 11 is 5.98. The largest absolute Gasteiger partial charge is 0.495 e. The van der Waals surface area contributed by atoms with Crippen LogP contribution in [0.5, 0.6) is 5.75 Å². The van der Waals surface area contributed by atoms with Crippen LogP contribution in [-0.4, -0.2) is 40.1 Å². The maximum absolute atomic E-state index is 12.6. The Morgan fingerprint density at radius 2 is 1.93 bits per heavy atom. The molecule has 0 spiro atoms. The van der Waals surface area contributed by atoms with E-state index in [1.807, 2.05) is 6.07 Å². The van der Waals surface area contributed by atoms with Gasteiger partial charge in [0.2, 0.25) is 0 Å². The van der Waals surface area contributed by atoms with Crippen molar-refractivity contribution in [3.63, 3.8) is 0 Å². The number of benzene rings is 2. The third-order valence-corrected chi connectivity index (χ3v) is 5.80. The van der Waals surface area contributed by atoms with E-state index >= 15 is 0 Å². The number of sulfonamides is 1. The normalized spacial score (nSPS) is 11.1.